The lowest BCUT2D eigenvalue weighted by atomic mass is 10.0. The molecule has 1 amide bonds. The minimum Gasteiger partial charge on any atom is -0.494 e. The minimum absolute atomic E-state index is 0.0240. The Hall–Kier alpha value is -5.01. The van der Waals surface area contributed by atoms with Gasteiger partial charge in [-0.05, 0) is 41.8 Å². The number of ether oxygens (including phenoxy) is 3. The summed E-state index contributed by atoms with van der Waals surface area (Å²) in [7, 11) is 0. The maximum Gasteiger partial charge on any atom is 0.416 e. The first kappa shape index (κ1) is 25.6. The fourth-order valence-corrected chi connectivity index (χ4v) is 2.98. The van der Waals surface area contributed by atoms with Gasteiger partial charge in [0.05, 0.1) is 5.69 Å². The smallest absolute Gasteiger partial charge is 0.416 e. The van der Waals surface area contributed by atoms with Gasteiger partial charge in [-0.15, -0.1) is 0 Å². The number of amides is 1. The summed E-state index contributed by atoms with van der Waals surface area (Å²) in [5.74, 6) is -1.71. The summed E-state index contributed by atoms with van der Waals surface area (Å²) in [5.41, 5.74) is 3.41. The number of hydrogen-bond donors (Lipinski definition) is 1. The molecule has 36 heavy (non-hydrogen) atoms. The van der Waals surface area contributed by atoms with Crippen molar-refractivity contribution in [1.82, 2.24) is 0 Å². The molecule has 0 aliphatic carbocycles. The predicted octanol–water partition coefficient (Wildman–Crippen LogP) is 4.71. The SMILES string of the molecule is O=C=Nc1ccc(Cc2ccc(NC(=O)O/C=C\OCCOC(=O)C(=O)c3ccccc3)cc2)cc1. The van der Waals surface area contributed by atoms with Crippen molar-refractivity contribution in [1.29, 1.82) is 0 Å². The lowest BCUT2D eigenvalue weighted by Gasteiger charge is -2.06. The first-order valence-electron chi connectivity index (χ1n) is 10.8. The molecule has 1 N–H and O–H groups in total. The number of isocyanates is 1. The number of aliphatic imine (C=N–C) groups is 1. The van der Waals surface area contributed by atoms with Crippen LogP contribution < -0.4 is 5.32 Å². The van der Waals surface area contributed by atoms with E-state index < -0.39 is 17.8 Å². The fraction of sp³-hybridized carbons (Fsp3) is 0.111. The maximum atomic E-state index is 11.9. The number of rotatable bonds is 11. The van der Waals surface area contributed by atoms with E-state index in [1.165, 1.54) is 18.2 Å². The van der Waals surface area contributed by atoms with Crippen molar-refractivity contribution < 1.29 is 33.4 Å². The fourth-order valence-electron chi connectivity index (χ4n) is 2.98. The molecule has 0 aliphatic rings. The number of Topliss-reactive ketones (excluding diaryl/α,β-unsaturated/α-hetero) is 1. The van der Waals surface area contributed by atoms with E-state index in [9.17, 15) is 19.2 Å². The second kappa shape index (κ2) is 13.6. The molecule has 9 heteroatoms. The first-order valence-corrected chi connectivity index (χ1v) is 10.8. The van der Waals surface area contributed by atoms with Gasteiger partial charge in [-0.25, -0.2) is 14.4 Å². The summed E-state index contributed by atoms with van der Waals surface area (Å²) in [6.07, 6.45) is 3.63. The lowest BCUT2D eigenvalue weighted by Crippen LogP contribution is -2.19. The van der Waals surface area contributed by atoms with Crippen molar-refractivity contribution >= 4 is 35.3 Å². The maximum absolute atomic E-state index is 11.9. The van der Waals surface area contributed by atoms with Gasteiger partial charge in [0, 0.05) is 11.3 Å². The second-order valence-electron chi connectivity index (χ2n) is 7.25. The van der Waals surface area contributed by atoms with Crippen LogP contribution >= 0.6 is 0 Å². The van der Waals surface area contributed by atoms with Crippen LogP contribution in [0.25, 0.3) is 0 Å². The molecule has 0 bridgehead atoms. The Balaban J connectivity index is 1.32. The molecule has 0 aromatic heterocycles. The topological polar surface area (TPSA) is 120 Å². The number of hydrogen-bond acceptors (Lipinski definition) is 8. The van der Waals surface area contributed by atoms with Gasteiger partial charge < -0.3 is 14.2 Å². The average molecular weight is 486 g/mol. The molecule has 0 atom stereocenters. The molecular formula is C27H22N2O7. The Labute approximate surface area is 207 Å². The van der Waals surface area contributed by atoms with E-state index in [2.05, 4.69) is 10.3 Å². The molecule has 0 fully saturated rings. The number of nitrogens with zero attached hydrogens (tertiary/aromatic N) is 1. The number of carbonyl (C=O) groups excluding carboxylic acids is 4. The number of benzene rings is 3. The van der Waals surface area contributed by atoms with Crippen LogP contribution in [-0.2, 0) is 30.2 Å². The monoisotopic (exact) mass is 486 g/mol. The van der Waals surface area contributed by atoms with Gasteiger partial charge in [-0.1, -0.05) is 54.6 Å². The second-order valence-corrected chi connectivity index (χ2v) is 7.25. The van der Waals surface area contributed by atoms with Gasteiger partial charge in [-0.3, -0.25) is 10.1 Å². The van der Waals surface area contributed by atoms with Gasteiger partial charge in [0.15, 0.2) is 0 Å². The molecule has 0 radical (unpaired) electrons. The summed E-state index contributed by atoms with van der Waals surface area (Å²) in [6, 6.07) is 22.5. The third-order valence-electron chi connectivity index (χ3n) is 4.70. The van der Waals surface area contributed by atoms with E-state index in [1.807, 2.05) is 24.3 Å². The summed E-state index contributed by atoms with van der Waals surface area (Å²) in [4.78, 5) is 49.3. The molecule has 0 unspecified atom stereocenters. The van der Waals surface area contributed by atoms with Gasteiger partial charge >= 0.3 is 12.1 Å². The summed E-state index contributed by atoms with van der Waals surface area (Å²) >= 11 is 0. The minimum atomic E-state index is -0.974. The Kier molecular flexibility index (Phi) is 9.70. The zero-order valence-electron chi connectivity index (χ0n) is 19.1. The summed E-state index contributed by atoms with van der Waals surface area (Å²) in [5, 5.41) is 2.58. The first-order chi connectivity index (χ1) is 17.5. The van der Waals surface area contributed by atoms with Crippen LogP contribution in [0.3, 0.4) is 0 Å². The van der Waals surface area contributed by atoms with Crippen molar-refractivity contribution in [3.63, 3.8) is 0 Å². The van der Waals surface area contributed by atoms with E-state index in [-0.39, 0.29) is 18.8 Å². The van der Waals surface area contributed by atoms with Crippen molar-refractivity contribution in [2.75, 3.05) is 18.5 Å². The van der Waals surface area contributed by atoms with Crippen molar-refractivity contribution in [3.8, 4) is 0 Å². The Bertz CT molecular complexity index is 1250. The molecule has 0 heterocycles. The Morgan fingerprint density at radius 3 is 2.17 bits per heavy atom. The average Bonchev–Trinajstić information content (AvgIpc) is 2.90. The van der Waals surface area contributed by atoms with Crippen LogP contribution in [-0.4, -0.2) is 37.1 Å². The molecular weight excluding hydrogens is 464 g/mol. The number of carbonyl (C=O) groups is 3. The van der Waals surface area contributed by atoms with Crippen LogP contribution in [0.15, 0.2) is 96.4 Å². The van der Waals surface area contributed by atoms with E-state index in [0.717, 1.165) is 23.7 Å². The molecule has 0 saturated carbocycles. The van der Waals surface area contributed by atoms with Gasteiger partial charge in [0.25, 0.3) is 5.78 Å². The Morgan fingerprint density at radius 2 is 1.50 bits per heavy atom. The van der Waals surface area contributed by atoms with E-state index in [1.54, 1.807) is 42.5 Å². The third kappa shape index (κ3) is 8.40. The van der Waals surface area contributed by atoms with Crippen LogP contribution in [0.4, 0.5) is 16.2 Å². The summed E-state index contributed by atoms with van der Waals surface area (Å²) in [6.45, 7) is -0.166. The molecule has 3 aromatic rings. The highest BCUT2D eigenvalue weighted by Crippen LogP contribution is 2.17. The molecule has 3 rings (SSSR count). The van der Waals surface area contributed by atoms with Crippen LogP contribution in [0.1, 0.15) is 21.5 Å². The van der Waals surface area contributed by atoms with Crippen LogP contribution in [0.5, 0.6) is 0 Å². The quantitative estimate of drug-likeness (QED) is 0.0793. The molecule has 3 aromatic carbocycles. The molecule has 0 saturated heterocycles. The summed E-state index contributed by atoms with van der Waals surface area (Å²) < 4.78 is 14.8. The number of esters is 1. The molecule has 0 spiro atoms. The van der Waals surface area contributed by atoms with Crippen molar-refractivity contribution in [3.05, 3.63) is 108 Å². The largest absolute Gasteiger partial charge is 0.494 e. The standard InChI is InChI=1S/C27H22N2O7/c30-19-28-23-10-6-20(7-11-23)18-21-8-12-24(13-9-21)29-27(33)36-17-15-34-14-16-35-26(32)25(31)22-4-2-1-3-5-22/h1-13,15,17H,14,16,18H2,(H,29,33)/b17-15-. The highest BCUT2D eigenvalue weighted by atomic mass is 16.6. The van der Waals surface area contributed by atoms with Crippen LogP contribution in [0, 0.1) is 0 Å². The zero-order chi connectivity index (χ0) is 25.6. The number of ketones is 1. The predicted molar refractivity (Wildman–Crippen MR) is 130 cm³/mol. The number of anilines is 1. The van der Waals surface area contributed by atoms with E-state index in [4.69, 9.17) is 14.2 Å². The van der Waals surface area contributed by atoms with E-state index >= 15 is 0 Å². The highest BCUT2D eigenvalue weighted by molar-refractivity contribution is 6.40. The molecule has 9 nitrogen and oxygen atoms in total. The Morgan fingerprint density at radius 1 is 0.833 bits per heavy atom. The van der Waals surface area contributed by atoms with Gasteiger partial charge in [0.1, 0.15) is 25.7 Å². The van der Waals surface area contributed by atoms with Gasteiger partial charge in [0.2, 0.25) is 6.08 Å². The van der Waals surface area contributed by atoms with Crippen molar-refractivity contribution in [2.45, 2.75) is 6.42 Å². The van der Waals surface area contributed by atoms with Gasteiger partial charge in [-0.2, -0.15) is 4.99 Å². The lowest BCUT2D eigenvalue weighted by molar-refractivity contribution is -0.139. The zero-order valence-corrected chi connectivity index (χ0v) is 19.1. The van der Waals surface area contributed by atoms with E-state index in [0.29, 0.717) is 17.8 Å². The normalized spacial score (nSPS) is 10.2. The molecule has 0 aliphatic heterocycles. The third-order valence-corrected chi connectivity index (χ3v) is 4.70. The highest BCUT2D eigenvalue weighted by Gasteiger charge is 2.17. The number of nitrogens with one attached hydrogen (secondary N) is 1. The van der Waals surface area contributed by atoms with Crippen LogP contribution in [0.2, 0.25) is 0 Å². The van der Waals surface area contributed by atoms with Crippen molar-refractivity contribution in [2.24, 2.45) is 4.99 Å². The molecule has 182 valence electrons.